The quantitative estimate of drug-likeness (QED) is 0.403. The highest BCUT2D eigenvalue weighted by Gasteiger charge is 2.23. The molecule has 0 aliphatic rings. The Labute approximate surface area is 191 Å². The zero-order chi connectivity index (χ0) is 24.0. The molecule has 0 aliphatic carbocycles. The van der Waals surface area contributed by atoms with Crippen LogP contribution in [0, 0.1) is 22.7 Å². The molecule has 0 aromatic heterocycles. The van der Waals surface area contributed by atoms with E-state index >= 15 is 0 Å². The van der Waals surface area contributed by atoms with E-state index in [4.69, 9.17) is 24.7 Å². The highest BCUT2D eigenvalue weighted by Crippen LogP contribution is 2.40. The minimum absolute atomic E-state index is 0.00638. The maximum atomic E-state index is 12.8. The lowest BCUT2D eigenvalue weighted by atomic mass is 10.1. The summed E-state index contributed by atoms with van der Waals surface area (Å²) >= 11 is 0. The molecule has 0 bridgehead atoms. The fourth-order valence-corrected chi connectivity index (χ4v) is 2.76. The Balaban J connectivity index is 1.94. The second kappa shape index (κ2) is 9.67. The lowest BCUT2D eigenvalue weighted by Gasteiger charge is -2.23. The van der Waals surface area contributed by atoms with Crippen molar-refractivity contribution in [1.29, 1.82) is 10.5 Å². The van der Waals surface area contributed by atoms with E-state index in [9.17, 15) is 9.59 Å². The monoisotopic (exact) mass is 440 g/mol. The summed E-state index contributed by atoms with van der Waals surface area (Å²) in [5.41, 5.74) is 0.624. The maximum absolute atomic E-state index is 12.8. The highest BCUT2D eigenvalue weighted by atomic mass is 16.6. The smallest absolute Gasteiger partial charge is 0.343 e. The van der Waals surface area contributed by atoms with Gasteiger partial charge in [-0.25, -0.2) is 9.59 Å². The first kappa shape index (κ1) is 23.1. The molecule has 0 fully saturated rings. The van der Waals surface area contributed by atoms with E-state index in [1.54, 1.807) is 12.1 Å². The third-order valence-corrected chi connectivity index (χ3v) is 4.26. The molecule has 0 radical (unpaired) electrons. The van der Waals surface area contributed by atoms with Gasteiger partial charge in [-0.1, -0.05) is 6.07 Å². The summed E-state index contributed by atoms with van der Waals surface area (Å²) < 4.78 is 17.0. The molecule has 0 unspecified atom stereocenters. The van der Waals surface area contributed by atoms with Gasteiger partial charge in [0.1, 0.15) is 5.60 Å². The van der Waals surface area contributed by atoms with Crippen LogP contribution >= 0.6 is 0 Å². The summed E-state index contributed by atoms with van der Waals surface area (Å²) in [5, 5.41) is 17.9. The first-order chi connectivity index (χ1) is 15.7. The van der Waals surface area contributed by atoms with Gasteiger partial charge in [0.25, 0.3) is 0 Å². The molecule has 0 spiro atoms. The van der Waals surface area contributed by atoms with Gasteiger partial charge in [-0.2, -0.15) is 10.5 Å². The summed E-state index contributed by atoms with van der Waals surface area (Å²) in [4.78, 5) is 25.5. The molecule has 3 aromatic rings. The second-order valence-corrected chi connectivity index (χ2v) is 7.96. The Morgan fingerprint density at radius 3 is 1.61 bits per heavy atom. The van der Waals surface area contributed by atoms with Gasteiger partial charge in [0.15, 0.2) is 11.5 Å². The Hall–Kier alpha value is -4.62. The summed E-state index contributed by atoms with van der Waals surface area (Å²) in [6, 6.07) is 20.5. The van der Waals surface area contributed by atoms with Gasteiger partial charge in [0.2, 0.25) is 5.75 Å². The first-order valence-electron chi connectivity index (χ1n) is 9.97. The Bertz CT molecular complexity index is 1260. The van der Waals surface area contributed by atoms with E-state index in [-0.39, 0.29) is 28.4 Å². The molecule has 33 heavy (non-hydrogen) atoms. The van der Waals surface area contributed by atoms with E-state index < -0.39 is 17.5 Å². The highest BCUT2D eigenvalue weighted by molar-refractivity contribution is 5.93. The molecule has 0 atom stereocenters. The van der Waals surface area contributed by atoms with E-state index in [1.807, 2.05) is 32.9 Å². The molecule has 0 saturated carbocycles. The number of para-hydroxylation sites is 1. The number of nitriles is 2. The minimum Gasteiger partial charge on any atom is -0.484 e. The zero-order valence-corrected chi connectivity index (χ0v) is 18.3. The summed E-state index contributed by atoms with van der Waals surface area (Å²) in [6.07, 6.45) is 0. The van der Waals surface area contributed by atoms with Crippen LogP contribution in [0.5, 0.6) is 17.2 Å². The van der Waals surface area contributed by atoms with Gasteiger partial charge >= 0.3 is 11.9 Å². The van der Waals surface area contributed by atoms with Crippen molar-refractivity contribution in [1.82, 2.24) is 0 Å². The van der Waals surface area contributed by atoms with Crippen LogP contribution in [-0.2, 0) is 0 Å². The van der Waals surface area contributed by atoms with Gasteiger partial charge in [-0.15, -0.1) is 0 Å². The number of carbonyl (C=O) groups excluding carboxylic acids is 2. The van der Waals surface area contributed by atoms with Gasteiger partial charge in [0, 0.05) is 0 Å². The predicted molar refractivity (Wildman–Crippen MR) is 119 cm³/mol. The van der Waals surface area contributed by atoms with Crippen LogP contribution in [0.2, 0.25) is 0 Å². The van der Waals surface area contributed by atoms with Crippen LogP contribution in [0.4, 0.5) is 0 Å². The van der Waals surface area contributed by atoms with Crippen LogP contribution in [-0.4, -0.2) is 17.5 Å². The molecular formula is C26H20N2O5. The van der Waals surface area contributed by atoms with Crippen LogP contribution in [0.3, 0.4) is 0 Å². The number of hydrogen-bond donors (Lipinski definition) is 0. The summed E-state index contributed by atoms with van der Waals surface area (Å²) in [5.74, 6) is -1.24. The van der Waals surface area contributed by atoms with Crippen molar-refractivity contribution < 1.29 is 23.8 Å². The van der Waals surface area contributed by atoms with E-state index in [1.165, 1.54) is 54.6 Å². The molecule has 3 aromatic carbocycles. The first-order valence-corrected chi connectivity index (χ1v) is 9.97. The third-order valence-electron chi connectivity index (χ3n) is 4.26. The van der Waals surface area contributed by atoms with Gasteiger partial charge < -0.3 is 14.2 Å². The van der Waals surface area contributed by atoms with E-state index in [2.05, 4.69) is 0 Å². The molecular weight excluding hydrogens is 420 g/mol. The van der Waals surface area contributed by atoms with Crippen molar-refractivity contribution in [3.63, 3.8) is 0 Å². The van der Waals surface area contributed by atoms with Crippen molar-refractivity contribution in [3.05, 3.63) is 89.0 Å². The number of benzene rings is 3. The van der Waals surface area contributed by atoms with Crippen molar-refractivity contribution >= 4 is 11.9 Å². The molecule has 3 rings (SSSR count). The molecule has 7 heteroatoms. The molecule has 0 amide bonds. The van der Waals surface area contributed by atoms with Crippen molar-refractivity contribution in [2.45, 2.75) is 26.4 Å². The molecule has 0 N–H and O–H groups in total. The third kappa shape index (κ3) is 5.96. The summed E-state index contributed by atoms with van der Waals surface area (Å²) in [7, 11) is 0. The predicted octanol–water partition coefficient (Wildman–Crippen LogP) is 5.05. The number of rotatable bonds is 5. The van der Waals surface area contributed by atoms with E-state index in [0.717, 1.165) is 0 Å². The standard InChI is InChI=1S/C26H20N2O5/c1-26(2,3)33-22-6-4-5-21(31-24(29)19-11-7-17(15-27)8-12-19)23(22)32-25(30)20-13-9-18(16-28)10-14-20/h4-14H,1-3H3. The summed E-state index contributed by atoms with van der Waals surface area (Å²) in [6.45, 7) is 5.48. The van der Waals surface area contributed by atoms with Crippen molar-refractivity contribution in [3.8, 4) is 29.4 Å². The number of esters is 2. The van der Waals surface area contributed by atoms with Crippen LogP contribution < -0.4 is 14.2 Å². The zero-order valence-electron chi connectivity index (χ0n) is 18.3. The molecule has 164 valence electrons. The van der Waals surface area contributed by atoms with Crippen LogP contribution in [0.25, 0.3) is 0 Å². The Kier molecular flexibility index (Phi) is 6.76. The number of ether oxygens (including phenoxy) is 3. The second-order valence-electron chi connectivity index (χ2n) is 7.96. The molecule has 7 nitrogen and oxygen atoms in total. The van der Waals surface area contributed by atoms with Gasteiger partial charge in [0.05, 0.1) is 34.4 Å². The average molecular weight is 440 g/mol. The van der Waals surface area contributed by atoms with Gasteiger partial charge in [-0.3, -0.25) is 0 Å². The molecule has 0 saturated heterocycles. The van der Waals surface area contributed by atoms with Crippen molar-refractivity contribution in [2.75, 3.05) is 0 Å². The fraction of sp³-hybridized carbons (Fsp3) is 0.154. The van der Waals surface area contributed by atoms with Crippen LogP contribution in [0.15, 0.2) is 66.7 Å². The average Bonchev–Trinajstić information content (AvgIpc) is 2.80. The topological polar surface area (TPSA) is 109 Å². The molecule has 0 aliphatic heterocycles. The minimum atomic E-state index is -0.708. The largest absolute Gasteiger partial charge is 0.484 e. The van der Waals surface area contributed by atoms with Crippen LogP contribution in [0.1, 0.15) is 52.6 Å². The Morgan fingerprint density at radius 1 is 0.697 bits per heavy atom. The number of nitrogens with zero attached hydrogens (tertiary/aromatic N) is 2. The van der Waals surface area contributed by atoms with Crippen molar-refractivity contribution in [2.24, 2.45) is 0 Å². The number of carbonyl (C=O) groups is 2. The Morgan fingerprint density at radius 2 is 1.15 bits per heavy atom. The number of hydrogen-bond acceptors (Lipinski definition) is 7. The lowest BCUT2D eigenvalue weighted by molar-refractivity contribution is 0.0661. The van der Waals surface area contributed by atoms with Gasteiger partial charge in [-0.05, 0) is 81.4 Å². The fourth-order valence-electron chi connectivity index (χ4n) is 2.76. The van der Waals surface area contributed by atoms with E-state index in [0.29, 0.717) is 11.1 Å². The lowest BCUT2D eigenvalue weighted by Crippen LogP contribution is -2.24. The maximum Gasteiger partial charge on any atom is 0.343 e. The SMILES string of the molecule is CC(C)(C)Oc1cccc(OC(=O)c2ccc(C#N)cc2)c1OC(=O)c1ccc(C#N)cc1. The normalized spacial score (nSPS) is 10.5. The molecule has 0 heterocycles.